The van der Waals surface area contributed by atoms with Crippen molar-refractivity contribution in [2.45, 2.75) is 18.9 Å². The summed E-state index contributed by atoms with van der Waals surface area (Å²) in [5, 5.41) is 0. The van der Waals surface area contributed by atoms with E-state index in [-0.39, 0.29) is 18.6 Å². The van der Waals surface area contributed by atoms with E-state index < -0.39 is 0 Å². The highest BCUT2D eigenvalue weighted by Crippen LogP contribution is 2.23. The third kappa shape index (κ3) is 3.81. The van der Waals surface area contributed by atoms with Gasteiger partial charge in [0.05, 0.1) is 6.10 Å². The van der Waals surface area contributed by atoms with Crippen molar-refractivity contribution in [3.63, 3.8) is 0 Å². The van der Waals surface area contributed by atoms with Crippen LogP contribution in [0.15, 0.2) is 30.3 Å². The van der Waals surface area contributed by atoms with Crippen LogP contribution >= 0.6 is 0 Å². The molecule has 1 aromatic rings. The molecule has 1 heterocycles. The van der Waals surface area contributed by atoms with E-state index in [4.69, 9.17) is 9.47 Å². The van der Waals surface area contributed by atoms with Crippen LogP contribution in [0, 0.1) is 5.92 Å². The minimum atomic E-state index is 0.0696. The van der Waals surface area contributed by atoms with Crippen molar-refractivity contribution < 1.29 is 14.3 Å². The van der Waals surface area contributed by atoms with Crippen LogP contribution in [0.2, 0.25) is 0 Å². The first-order valence-corrected chi connectivity index (χ1v) is 7.08. The number of carbonyl (C=O) groups excluding carboxylic acids is 1. The summed E-state index contributed by atoms with van der Waals surface area (Å²) < 4.78 is 10.5. The minimum Gasteiger partial charge on any atom is -0.381 e. The Kier molecular flexibility index (Phi) is 5.56. The molecule has 2 atom stereocenters. The Hall–Kier alpha value is -1.39. The van der Waals surface area contributed by atoms with Crippen LogP contribution in [0.5, 0.6) is 0 Å². The summed E-state index contributed by atoms with van der Waals surface area (Å²) in [6.07, 6.45) is 2.06. The van der Waals surface area contributed by atoms with Crippen LogP contribution in [0.3, 0.4) is 0 Å². The molecule has 4 nitrogen and oxygen atoms in total. The Bertz CT molecular complexity index is 421. The molecule has 2 rings (SSSR count). The molecule has 0 aromatic heterocycles. The molecule has 4 heteroatoms. The first-order chi connectivity index (χ1) is 9.74. The van der Waals surface area contributed by atoms with Crippen molar-refractivity contribution in [3.8, 4) is 0 Å². The van der Waals surface area contributed by atoms with Gasteiger partial charge >= 0.3 is 0 Å². The Morgan fingerprint density at radius 2 is 2.05 bits per heavy atom. The zero-order chi connectivity index (χ0) is 14.4. The fourth-order valence-corrected chi connectivity index (χ4v) is 2.88. The van der Waals surface area contributed by atoms with Crippen LogP contribution in [0.1, 0.15) is 12.0 Å². The van der Waals surface area contributed by atoms with Gasteiger partial charge in [-0.15, -0.1) is 0 Å². The maximum Gasteiger partial charge on any atom is 0.248 e. The Morgan fingerprint density at radius 3 is 2.70 bits per heavy atom. The van der Waals surface area contributed by atoms with Gasteiger partial charge in [-0.05, 0) is 18.4 Å². The van der Waals surface area contributed by atoms with Crippen molar-refractivity contribution in [2.75, 3.05) is 33.9 Å². The van der Waals surface area contributed by atoms with Gasteiger partial charge in [0.2, 0.25) is 5.91 Å². The summed E-state index contributed by atoms with van der Waals surface area (Å²) in [7, 11) is 3.32. The molecule has 1 amide bonds. The second-order valence-corrected chi connectivity index (χ2v) is 5.29. The van der Waals surface area contributed by atoms with Crippen molar-refractivity contribution in [2.24, 2.45) is 5.92 Å². The highest BCUT2D eigenvalue weighted by Gasteiger charge is 2.31. The normalized spacial score (nSPS) is 22.8. The van der Waals surface area contributed by atoms with Gasteiger partial charge in [-0.25, -0.2) is 0 Å². The maximum atomic E-state index is 12.0. The number of ether oxygens (including phenoxy) is 2. The highest BCUT2D eigenvalue weighted by molar-refractivity contribution is 5.77. The summed E-state index contributed by atoms with van der Waals surface area (Å²) in [5.74, 6) is 0.414. The molecule has 0 spiro atoms. The monoisotopic (exact) mass is 277 g/mol. The molecule has 110 valence electrons. The second kappa shape index (κ2) is 7.41. The number of piperidine rings is 1. The van der Waals surface area contributed by atoms with Gasteiger partial charge in [-0.3, -0.25) is 4.79 Å². The number of carbonyl (C=O) groups is 1. The second-order valence-electron chi connectivity index (χ2n) is 5.29. The van der Waals surface area contributed by atoms with Gasteiger partial charge in [0.1, 0.15) is 6.61 Å². The van der Waals surface area contributed by atoms with Crippen molar-refractivity contribution in [1.82, 2.24) is 4.90 Å². The molecule has 1 fully saturated rings. The van der Waals surface area contributed by atoms with Crippen molar-refractivity contribution >= 4 is 5.91 Å². The van der Waals surface area contributed by atoms with Crippen molar-refractivity contribution in [1.29, 1.82) is 0 Å². The minimum absolute atomic E-state index is 0.0696. The number of nitrogens with zero attached hydrogens (tertiary/aromatic N) is 1. The van der Waals surface area contributed by atoms with Crippen molar-refractivity contribution in [3.05, 3.63) is 35.9 Å². The van der Waals surface area contributed by atoms with E-state index in [2.05, 4.69) is 12.1 Å². The fourth-order valence-electron chi connectivity index (χ4n) is 2.88. The number of rotatable bonds is 5. The summed E-state index contributed by atoms with van der Waals surface area (Å²) in [6, 6.07) is 10.4. The predicted molar refractivity (Wildman–Crippen MR) is 77.5 cm³/mol. The smallest absolute Gasteiger partial charge is 0.248 e. The molecule has 0 bridgehead atoms. The predicted octanol–water partition coefficient (Wildman–Crippen LogP) is 1.74. The molecular formula is C16H23NO3. The lowest BCUT2D eigenvalue weighted by Gasteiger charge is -2.38. The summed E-state index contributed by atoms with van der Waals surface area (Å²) in [6.45, 7) is 1.66. The molecule has 0 saturated carbocycles. The third-order valence-corrected chi connectivity index (χ3v) is 3.93. The first-order valence-electron chi connectivity index (χ1n) is 7.08. The average Bonchev–Trinajstić information content (AvgIpc) is 2.48. The van der Waals surface area contributed by atoms with E-state index in [1.165, 1.54) is 5.56 Å². The maximum absolute atomic E-state index is 12.0. The summed E-state index contributed by atoms with van der Waals surface area (Å²) in [4.78, 5) is 13.8. The van der Waals surface area contributed by atoms with Crippen LogP contribution in [-0.2, 0) is 20.7 Å². The lowest BCUT2D eigenvalue weighted by atomic mass is 9.88. The van der Waals surface area contributed by atoms with E-state index in [1.54, 1.807) is 14.2 Å². The Labute approximate surface area is 120 Å². The van der Waals surface area contributed by atoms with Crippen LogP contribution in [0.25, 0.3) is 0 Å². The zero-order valence-corrected chi connectivity index (χ0v) is 12.2. The van der Waals surface area contributed by atoms with Crippen LogP contribution in [0.4, 0.5) is 0 Å². The largest absolute Gasteiger partial charge is 0.381 e. The van der Waals surface area contributed by atoms with Crippen LogP contribution < -0.4 is 0 Å². The summed E-state index contributed by atoms with van der Waals surface area (Å²) in [5.41, 5.74) is 1.29. The molecule has 1 aromatic carbocycles. The number of hydrogen-bond acceptors (Lipinski definition) is 3. The number of benzene rings is 1. The molecule has 0 N–H and O–H groups in total. The molecule has 1 saturated heterocycles. The third-order valence-electron chi connectivity index (χ3n) is 3.93. The number of methoxy groups -OCH3 is 2. The lowest BCUT2D eigenvalue weighted by molar-refractivity contribution is -0.139. The van der Waals surface area contributed by atoms with E-state index in [0.29, 0.717) is 5.92 Å². The summed E-state index contributed by atoms with van der Waals surface area (Å²) >= 11 is 0. The quantitative estimate of drug-likeness (QED) is 0.823. The number of hydrogen-bond donors (Lipinski definition) is 0. The average molecular weight is 277 g/mol. The highest BCUT2D eigenvalue weighted by atomic mass is 16.5. The molecule has 1 aliphatic rings. The molecular weight excluding hydrogens is 254 g/mol. The topological polar surface area (TPSA) is 38.8 Å². The zero-order valence-electron chi connectivity index (χ0n) is 12.2. The SMILES string of the molecule is COCC(=O)N1CC[C@@H](OC)[C@H](Cc2ccccc2)C1. The standard InChI is InChI=1S/C16H23NO3/c1-19-12-16(18)17-9-8-15(20-2)14(11-17)10-13-6-4-3-5-7-13/h3-7,14-15H,8-12H2,1-2H3/t14-,15-/m1/s1. The van der Waals surface area contributed by atoms with Crippen LogP contribution in [-0.4, -0.2) is 50.8 Å². The van der Waals surface area contributed by atoms with Gasteiger partial charge in [0, 0.05) is 33.2 Å². The van der Waals surface area contributed by atoms with E-state index >= 15 is 0 Å². The Morgan fingerprint density at radius 1 is 1.30 bits per heavy atom. The molecule has 20 heavy (non-hydrogen) atoms. The van der Waals surface area contributed by atoms with Gasteiger partial charge in [0.15, 0.2) is 0 Å². The van der Waals surface area contributed by atoms with E-state index in [0.717, 1.165) is 25.9 Å². The molecule has 0 radical (unpaired) electrons. The van der Waals surface area contributed by atoms with Gasteiger partial charge in [-0.2, -0.15) is 0 Å². The van der Waals surface area contributed by atoms with Gasteiger partial charge in [0.25, 0.3) is 0 Å². The first kappa shape index (κ1) is 15.0. The Balaban J connectivity index is 2.01. The molecule has 0 aliphatic carbocycles. The molecule has 0 unspecified atom stereocenters. The number of amides is 1. The van der Waals surface area contributed by atoms with Gasteiger partial charge in [-0.1, -0.05) is 30.3 Å². The fraction of sp³-hybridized carbons (Fsp3) is 0.562. The van der Waals surface area contributed by atoms with E-state index in [1.807, 2.05) is 23.1 Å². The van der Waals surface area contributed by atoms with E-state index in [9.17, 15) is 4.79 Å². The lowest BCUT2D eigenvalue weighted by Crippen LogP contribution is -2.48. The van der Waals surface area contributed by atoms with Gasteiger partial charge < -0.3 is 14.4 Å². The number of likely N-dealkylation sites (tertiary alicyclic amines) is 1. The molecule has 1 aliphatic heterocycles.